The number of hydrogen-bond donors (Lipinski definition) is 2. The Bertz CT molecular complexity index is 1850. The molecular formula is C42H53Ir2N5O3Si2-2. The van der Waals surface area contributed by atoms with E-state index in [9.17, 15) is 4.79 Å². The number of aryl methyl sites for hydroxylation is 4. The molecule has 0 saturated heterocycles. The Morgan fingerprint density at radius 2 is 1.11 bits per heavy atom. The number of aliphatic hydroxyl groups excluding tert-OH is 2. The topological polar surface area (TPSA) is 122 Å². The van der Waals surface area contributed by atoms with E-state index in [-0.39, 0.29) is 57.5 Å². The Labute approximate surface area is 351 Å². The van der Waals surface area contributed by atoms with Gasteiger partial charge < -0.3 is 30.1 Å². The van der Waals surface area contributed by atoms with Crippen LogP contribution in [0.15, 0.2) is 91.6 Å². The molecule has 0 aliphatic carbocycles. The van der Waals surface area contributed by atoms with Crippen molar-refractivity contribution in [3.63, 3.8) is 0 Å². The van der Waals surface area contributed by atoms with E-state index in [1.807, 2.05) is 52.2 Å². The van der Waals surface area contributed by atoms with E-state index in [4.69, 9.17) is 10.2 Å². The van der Waals surface area contributed by atoms with Crippen molar-refractivity contribution in [2.45, 2.75) is 80.8 Å². The smallest absolute Gasteiger partial charge is 0.155 e. The second-order valence-corrected chi connectivity index (χ2v) is 24.6. The van der Waals surface area contributed by atoms with Crippen molar-refractivity contribution in [3.05, 3.63) is 132 Å². The molecule has 292 valence electrons. The molecule has 2 radical (unpaired) electrons. The molecule has 0 unspecified atom stereocenters. The summed E-state index contributed by atoms with van der Waals surface area (Å²) >= 11 is 0. The van der Waals surface area contributed by atoms with Crippen LogP contribution in [0.1, 0.15) is 42.3 Å². The van der Waals surface area contributed by atoms with Crippen molar-refractivity contribution >= 4 is 38.1 Å². The second kappa shape index (κ2) is 23.2. The number of nitrogens with zero attached hydrogens (tertiary/aromatic N) is 5. The average Bonchev–Trinajstić information content (AvgIpc) is 3.05. The number of carbonyl (C=O) groups is 1. The van der Waals surface area contributed by atoms with Crippen LogP contribution in [0.2, 0.25) is 39.3 Å². The third-order valence-electron chi connectivity index (χ3n) is 7.41. The van der Waals surface area contributed by atoms with Gasteiger partial charge in [0, 0.05) is 64.9 Å². The van der Waals surface area contributed by atoms with E-state index in [1.54, 1.807) is 24.4 Å². The number of rotatable bonds is 6. The Morgan fingerprint density at radius 1 is 0.685 bits per heavy atom. The molecule has 54 heavy (non-hydrogen) atoms. The van der Waals surface area contributed by atoms with Crippen molar-refractivity contribution in [1.82, 2.24) is 24.9 Å². The van der Waals surface area contributed by atoms with Gasteiger partial charge in [-0.25, -0.2) is 0 Å². The zero-order chi connectivity index (χ0) is 39.2. The third-order valence-corrected chi connectivity index (χ3v) is 11.5. The zero-order valence-corrected chi connectivity index (χ0v) is 40.2. The summed E-state index contributed by atoms with van der Waals surface area (Å²) in [7, 11) is -2.54. The van der Waals surface area contributed by atoms with Crippen molar-refractivity contribution in [3.8, 4) is 22.5 Å². The standard InChI is InChI=1S/2C15H19N2Si.C7H7NO.C5H8O2.2Ir/c2*1-11-6-8-14(12(2)17-11)15-9-7-13(10-16-15)18(3,4)5;1-6(9)7-4-2-3-5-8-7;1-4(6)3-5(2)7;;/h2*6-7,9-10H,1-5H3;2-5,9H,1H2;3,6H,1-2H3;;/q2*-1;;;;. The molecule has 8 nitrogen and oxygen atoms in total. The van der Waals surface area contributed by atoms with Crippen LogP contribution in [0.25, 0.3) is 28.3 Å². The number of aliphatic hydroxyl groups is 2. The van der Waals surface area contributed by atoms with E-state index >= 15 is 0 Å². The van der Waals surface area contributed by atoms with Crippen molar-refractivity contribution in [1.29, 1.82) is 0 Å². The number of hydrogen-bond acceptors (Lipinski definition) is 8. The summed E-state index contributed by atoms with van der Waals surface area (Å²) in [4.78, 5) is 31.9. The van der Waals surface area contributed by atoms with Gasteiger partial charge in [0.25, 0.3) is 0 Å². The molecule has 5 rings (SSSR count). The molecule has 0 fully saturated rings. The average molecular weight is 1120 g/mol. The zero-order valence-electron chi connectivity index (χ0n) is 33.4. The molecule has 2 N–H and O–H groups in total. The van der Waals surface area contributed by atoms with Crippen LogP contribution in [0.5, 0.6) is 0 Å². The summed E-state index contributed by atoms with van der Waals surface area (Å²) in [5, 5.41) is 19.9. The SMILES string of the molecule is C=C(O)c1ccccn1.CC(=O)C=C(C)O.Cc1c[c-]c(-c2ccc([Si](C)(C)C)cn2)c(C)n1.Cc1c[c-]c(-c2ccc([Si](C)(C)C)cn2)c(C)n1.[Ir].[Ir]. The molecule has 0 atom stereocenters. The van der Waals surface area contributed by atoms with Gasteiger partial charge in [-0.05, 0) is 70.5 Å². The Balaban J connectivity index is 0.000000733. The molecule has 12 heteroatoms. The summed E-state index contributed by atoms with van der Waals surface area (Å²) in [6, 6.07) is 24.2. The van der Waals surface area contributed by atoms with Crippen molar-refractivity contribution in [2.75, 3.05) is 0 Å². The fourth-order valence-electron chi connectivity index (χ4n) is 4.58. The van der Waals surface area contributed by atoms with Gasteiger partial charge in [-0.1, -0.05) is 104 Å². The molecule has 0 amide bonds. The summed E-state index contributed by atoms with van der Waals surface area (Å²) in [6.07, 6.45) is 6.79. The van der Waals surface area contributed by atoms with Gasteiger partial charge in [-0.2, -0.15) is 0 Å². The van der Waals surface area contributed by atoms with Gasteiger partial charge >= 0.3 is 0 Å². The van der Waals surface area contributed by atoms with Gasteiger partial charge in [-0.15, -0.1) is 35.4 Å². The summed E-state index contributed by atoms with van der Waals surface area (Å²) in [5.74, 6) is -0.0527. The van der Waals surface area contributed by atoms with Crippen LogP contribution >= 0.6 is 0 Å². The minimum atomic E-state index is -1.27. The first-order chi connectivity index (χ1) is 24.2. The van der Waals surface area contributed by atoms with Crippen LogP contribution in [0.3, 0.4) is 0 Å². The Morgan fingerprint density at radius 3 is 1.33 bits per heavy atom. The first-order valence-corrected chi connectivity index (χ1v) is 24.0. The maximum absolute atomic E-state index is 10.0. The first kappa shape index (κ1) is 50.2. The van der Waals surface area contributed by atoms with E-state index in [1.165, 1.54) is 30.3 Å². The predicted octanol–water partition coefficient (Wildman–Crippen LogP) is 8.85. The quantitative estimate of drug-likeness (QED) is 0.0750. The van der Waals surface area contributed by atoms with E-state index in [0.29, 0.717) is 5.69 Å². The predicted molar refractivity (Wildman–Crippen MR) is 220 cm³/mol. The molecule has 0 aromatic carbocycles. The number of aromatic nitrogens is 5. The van der Waals surface area contributed by atoms with Crippen molar-refractivity contribution < 1.29 is 55.2 Å². The number of pyridine rings is 5. The van der Waals surface area contributed by atoms with E-state index in [2.05, 4.69) is 107 Å². The fraction of sp³-hybridized carbons (Fsp3) is 0.286. The monoisotopic (exact) mass is 1120 g/mol. The maximum Gasteiger partial charge on any atom is 0.155 e. The van der Waals surface area contributed by atoms with Crippen LogP contribution in [-0.2, 0) is 45.0 Å². The van der Waals surface area contributed by atoms with Gasteiger partial charge in [0.1, 0.15) is 11.5 Å². The van der Waals surface area contributed by atoms with Crippen LogP contribution < -0.4 is 10.4 Å². The largest absolute Gasteiger partial charge is 0.512 e. The molecule has 0 aliphatic heterocycles. The molecule has 0 spiro atoms. The number of ketones is 1. The van der Waals surface area contributed by atoms with E-state index < -0.39 is 16.1 Å². The van der Waals surface area contributed by atoms with Crippen LogP contribution in [-0.4, -0.2) is 57.1 Å². The third kappa shape index (κ3) is 17.6. The summed E-state index contributed by atoms with van der Waals surface area (Å²) in [6.45, 7) is 28.1. The molecule has 0 aliphatic rings. The molecule has 5 heterocycles. The van der Waals surface area contributed by atoms with Crippen molar-refractivity contribution in [2.24, 2.45) is 0 Å². The molecule has 0 bridgehead atoms. The van der Waals surface area contributed by atoms with Gasteiger partial charge in [-0.3, -0.25) is 9.78 Å². The number of carbonyl (C=O) groups excluding carboxylic acids is 1. The fourth-order valence-corrected chi connectivity index (χ4v) is 6.65. The van der Waals surface area contributed by atoms with Gasteiger partial charge in [0.05, 0.1) is 21.9 Å². The van der Waals surface area contributed by atoms with E-state index in [0.717, 1.165) is 45.3 Å². The van der Waals surface area contributed by atoms with Crippen LogP contribution in [0.4, 0.5) is 0 Å². The Kier molecular flexibility index (Phi) is 21.6. The second-order valence-electron chi connectivity index (χ2n) is 14.4. The number of allylic oxidation sites excluding steroid dienone is 2. The maximum atomic E-state index is 10.0. The van der Waals surface area contributed by atoms with Gasteiger partial charge in [0.15, 0.2) is 5.78 Å². The van der Waals surface area contributed by atoms with Crippen LogP contribution in [0, 0.1) is 39.8 Å². The Hall–Kier alpha value is -3.77. The van der Waals surface area contributed by atoms with Gasteiger partial charge in [0.2, 0.25) is 0 Å². The first-order valence-electron chi connectivity index (χ1n) is 17.0. The summed E-state index contributed by atoms with van der Waals surface area (Å²) in [5.41, 5.74) is 8.42. The normalized spacial score (nSPS) is 10.7. The molecule has 0 saturated carbocycles. The molecule has 5 aromatic rings. The minimum absolute atomic E-state index is 0. The summed E-state index contributed by atoms with van der Waals surface area (Å²) < 4.78 is 0. The molecule has 5 aromatic heterocycles. The minimum Gasteiger partial charge on any atom is -0.512 e. The molecular weight excluding hydrogens is 1060 g/mol.